The van der Waals surface area contributed by atoms with Gasteiger partial charge in [-0.2, -0.15) is 0 Å². The summed E-state index contributed by atoms with van der Waals surface area (Å²) in [6.07, 6.45) is 4.79. The van der Waals surface area contributed by atoms with Gasteiger partial charge in [0.1, 0.15) is 24.8 Å². The van der Waals surface area contributed by atoms with Crippen molar-refractivity contribution in [3.63, 3.8) is 0 Å². The summed E-state index contributed by atoms with van der Waals surface area (Å²) in [5.74, 6) is 1.44. The van der Waals surface area contributed by atoms with E-state index >= 15 is 0 Å². The predicted molar refractivity (Wildman–Crippen MR) is 258 cm³/mol. The number of piperidine rings is 2. The molecule has 69 heavy (non-hydrogen) atoms. The molecule has 6 rings (SSSR count). The van der Waals surface area contributed by atoms with E-state index in [4.69, 9.17) is 42.6 Å². The van der Waals surface area contributed by atoms with E-state index in [9.17, 15) is 18.4 Å². The van der Waals surface area contributed by atoms with Crippen LogP contribution < -0.4 is 18.9 Å². The van der Waals surface area contributed by atoms with E-state index in [-0.39, 0.29) is 35.0 Å². The molecule has 13 nitrogen and oxygen atoms in total. The van der Waals surface area contributed by atoms with Crippen molar-refractivity contribution in [1.29, 1.82) is 0 Å². The zero-order valence-electron chi connectivity index (χ0n) is 40.3. The van der Waals surface area contributed by atoms with Crippen molar-refractivity contribution in [1.82, 2.24) is 9.80 Å². The van der Waals surface area contributed by atoms with Crippen molar-refractivity contribution in [2.75, 3.05) is 133 Å². The fourth-order valence-electron chi connectivity index (χ4n) is 8.62. The molecule has 2 fully saturated rings. The first-order valence-electron chi connectivity index (χ1n) is 24.3. The fourth-order valence-corrected chi connectivity index (χ4v) is 8.62. The minimum absolute atomic E-state index is 0.0716. The van der Waals surface area contributed by atoms with Gasteiger partial charge in [-0.1, -0.05) is 36.4 Å². The third-order valence-electron chi connectivity index (χ3n) is 12.5. The molecule has 2 aliphatic rings. The highest BCUT2D eigenvalue weighted by Gasteiger charge is 2.30. The van der Waals surface area contributed by atoms with Crippen molar-refractivity contribution < 1.29 is 61.0 Å². The smallest absolute Gasteiger partial charge is 0.171 e. The van der Waals surface area contributed by atoms with Crippen LogP contribution in [0, 0.1) is 23.5 Å². The lowest BCUT2D eigenvalue weighted by atomic mass is 9.88. The molecule has 2 aliphatic heterocycles. The standard InChI is InChI=1S/C54H70F2N2O11/c1-61-53-47(51(59)43-19-25-57(26-20-43)23-17-41-9-13-45(55)14-10-41)5-3-7-49(53)68-39-37-66-35-33-64-31-29-63-30-32-65-34-36-67-38-40-69-50-8-4-6-48(54(50)62-2)52(60)44-21-27-58(28-22-44)24-18-42-11-15-46(56)16-12-42/h3-16,43-44H,17-40H2,1-2H3. The van der Waals surface area contributed by atoms with Gasteiger partial charge in [0.15, 0.2) is 34.6 Å². The van der Waals surface area contributed by atoms with Crippen LogP contribution in [-0.4, -0.2) is 154 Å². The Morgan fingerprint density at radius 2 is 0.783 bits per heavy atom. The van der Waals surface area contributed by atoms with Crippen molar-refractivity contribution in [3.8, 4) is 23.0 Å². The Morgan fingerprint density at radius 1 is 0.464 bits per heavy atom. The van der Waals surface area contributed by atoms with Crippen LogP contribution in [0.3, 0.4) is 0 Å². The van der Waals surface area contributed by atoms with Crippen LogP contribution in [0.2, 0.25) is 0 Å². The molecule has 0 spiro atoms. The molecule has 15 heteroatoms. The quantitative estimate of drug-likeness (QED) is 0.0350. The van der Waals surface area contributed by atoms with Gasteiger partial charge >= 0.3 is 0 Å². The van der Waals surface area contributed by atoms with E-state index in [1.54, 1.807) is 38.5 Å². The molecule has 376 valence electrons. The lowest BCUT2D eigenvalue weighted by molar-refractivity contribution is -0.0142. The Kier molecular flexibility index (Phi) is 23.1. The third-order valence-corrected chi connectivity index (χ3v) is 12.5. The number of Topliss-reactive ketones (excluding diaryl/α,β-unsaturated/α-hetero) is 2. The first-order valence-corrected chi connectivity index (χ1v) is 24.3. The largest absolute Gasteiger partial charge is 0.492 e. The van der Waals surface area contributed by atoms with Gasteiger partial charge in [0.05, 0.1) is 91.4 Å². The molecule has 4 aromatic rings. The van der Waals surface area contributed by atoms with Gasteiger partial charge in [-0.15, -0.1) is 0 Å². The molecule has 0 bridgehead atoms. The van der Waals surface area contributed by atoms with Gasteiger partial charge in [-0.05, 0) is 124 Å². The van der Waals surface area contributed by atoms with E-state index in [2.05, 4.69) is 9.80 Å². The first kappa shape index (κ1) is 53.4. The SMILES string of the molecule is COc1c(OCCOCCOCCOCCOCCOCCOc2cccc(C(=O)C3CCN(CCc4ccc(F)cc4)CC3)c2OC)cccc1C(=O)C1CCN(CCc2ccc(F)cc2)CC1. The van der Waals surface area contributed by atoms with Gasteiger partial charge in [0, 0.05) is 24.9 Å². The summed E-state index contributed by atoms with van der Waals surface area (Å²) in [7, 11) is 3.10. The zero-order valence-corrected chi connectivity index (χ0v) is 40.3. The first-order chi connectivity index (χ1) is 33.8. The molecule has 0 saturated carbocycles. The second-order valence-electron chi connectivity index (χ2n) is 17.1. The monoisotopic (exact) mass is 960 g/mol. The molecule has 0 radical (unpaired) electrons. The number of likely N-dealkylation sites (tertiary alicyclic amines) is 2. The Hall–Kier alpha value is -5.00. The zero-order chi connectivity index (χ0) is 48.5. The maximum absolute atomic E-state index is 13.6. The fraction of sp³-hybridized carbons (Fsp3) is 0.519. The minimum atomic E-state index is -0.226. The Labute approximate surface area is 406 Å². The number of hydrogen-bond donors (Lipinski definition) is 0. The summed E-state index contributed by atoms with van der Waals surface area (Å²) in [5, 5.41) is 0. The number of para-hydroxylation sites is 2. The highest BCUT2D eigenvalue weighted by molar-refractivity contribution is 6.01. The molecule has 2 saturated heterocycles. The topological polar surface area (TPSA) is 124 Å². The van der Waals surface area contributed by atoms with Gasteiger partial charge in [-0.3, -0.25) is 9.59 Å². The molecular weight excluding hydrogens is 891 g/mol. The summed E-state index contributed by atoms with van der Waals surface area (Å²) in [5.41, 5.74) is 3.28. The number of rotatable bonds is 32. The average Bonchev–Trinajstić information content (AvgIpc) is 3.38. The van der Waals surface area contributed by atoms with E-state index in [1.165, 1.54) is 24.3 Å². The highest BCUT2D eigenvalue weighted by Crippen LogP contribution is 2.36. The maximum atomic E-state index is 13.6. The van der Waals surface area contributed by atoms with Crippen molar-refractivity contribution >= 4 is 11.6 Å². The second-order valence-corrected chi connectivity index (χ2v) is 17.1. The molecule has 0 aromatic heterocycles. The summed E-state index contributed by atoms with van der Waals surface area (Å²) < 4.78 is 77.9. The van der Waals surface area contributed by atoms with Crippen molar-refractivity contribution in [3.05, 3.63) is 119 Å². The summed E-state index contributed by atoms with van der Waals surface area (Å²) >= 11 is 0. The maximum Gasteiger partial charge on any atom is 0.171 e. The van der Waals surface area contributed by atoms with Gasteiger partial charge in [-0.25, -0.2) is 8.78 Å². The van der Waals surface area contributed by atoms with E-state index < -0.39 is 0 Å². The number of ketones is 2. The molecule has 0 N–H and O–H groups in total. The Bertz CT molecular complexity index is 1960. The highest BCUT2D eigenvalue weighted by atomic mass is 19.1. The normalized spacial score (nSPS) is 15.0. The number of benzene rings is 4. The minimum Gasteiger partial charge on any atom is -0.492 e. The van der Waals surface area contributed by atoms with Crippen LogP contribution in [0.25, 0.3) is 0 Å². The predicted octanol–water partition coefficient (Wildman–Crippen LogP) is 7.80. The van der Waals surface area contributed by atoms with Crippen LogP contribution >= 0.6 is 0 Å². The van der Waals surface area contributed by atoms with E-state index in [0.29, 0.717) is 113 Å². The lowest BCUT2D eigenvalue weighted by Crippen LogP contribution is -2.37. The molecule has 2 heterocycles. The second kappa shape index (κ2) is 29.9. The van der Waals surface area contributed by atoms with Crippen LogP contribution in [0.1, 0.15) is 57.5 Å². The molecule has 4 aromatic carbocycles. The summed E-state index contributed by atoms with van der Waals surface area (Å²) in [6, 6.07) is 24.1. The number of carbonyl (C=O) groups is 2. The van der Waals surface area contributed by atoms with Crippen LogP contribution in [0.5, 0.6) is 23.0 Å². The average molecular weight is 961 g/mol. The Morgan fingerprint density at radius 3 is 1.10 bits per heavy atom. The van der Waals surface area contributed by atoms with Crippen LogP contribution in [-0.2, 0) is 36.5 Å². The van der Waals surface area contributed by atoms with E-state index in [0.717, 1.165) is 88.9 Å². The lowest BCUT2D eigenvalue weighted by Gasteiger charge is -2.31. The van der Waals surface area contributed by atoms with Crippen LogP contribution in [0.4, 0.5) is 8.78 Å². The number of nitrogens with zero attached hydrogens (tertiary/aromatic N) is 2. The molecule has 0 atom stereocenters. The van der Waals surface area contributed by atoms with Gasteiger partial charge in [0.25, 0.3) is 0 Å². The number of hydrogen-bond acceptors (Lipinski definition) is 13. The molecule has 0 aliphatic carbocycles. The van der Waals surface area contributed by atoms with Gasteiger partial charge in [0.2, 0.25) is 0 Å². The van der Waals surface area contributed by atoms with Gasteiger partial charge < -0.3 is 52.4 Å². The van der Waals surface area contributed by atoms with E-state index in [1.807, 2.05) is 36.4 Å². The molecule has 0 amide bonds. The molecule has 0 unspecified atom stereocenters. The van der Waals surface area contributed by atoms with Crippen molar-refractivity contribution in [2.45, 2.75) is 38.5 Å². The summed E-state index contributed by atoms with van der Waals surface area (Å²) in [4.78, 5) is 31.8. The van der Waals surface area contributed by atoms with Crippen molar-refractivity contribution in [2.24, 2.45) is 11.8 Å². The number of ether oxygens (including phenoxy) is 9. The van der Waals surface area contributed by atoms with Crippen LogP contribution in [0.15, 0.2) is 84.9 Å². The number of methoxy groups -OCH3 is 2. The third kappa shape index (κ3) is 17.7. The molecular formula is C54H70F2N2O11. The number of halogens is 2. The number of carbonyl (C=O) groups excluding carboxylic acids is 2. The summed E-state index contributed by atoms with van der Waals surface area (Å²) in [6.45, 7) is 9.74. The Balaban J connectivity index is 0.731.